The van der Waals surface area contributed by atoms with Crippen molar-refractivity contribution in [2.24, 2.45) is 17.8 Å². The van der Waals surface area contributed by atoms with E-state index < -0.39 is 11.6 Å². The lowest BCUT2D eigenvalue weighted by Crippen LogP contribution is -2.25. The summed E-state index contributed by atoms with van der Waals surface area (Å²) in [6, 6.07) is 3.38. The van der Waals surface area contributed by atoms with Crippen molar-refractivity contribution in [3.63, 3.8) is 0 Å². The molecule has 0 aliphatic heterocycles. The fourth-order valence-electron chi connectivity index (χ4n) is 5.50. The average molecular weight is 405 g/mol. The van der Waals surface area contributed by atoms with Gasteiger partial charge in [0.25, 0.3) is 0 Å². The van der Waals surface area contributed by atoms with E-state index in [-0.39, 0.29) is 11.7 Å². The van der Waals surface area contributed by atoms with Crippen LogP contribution in [-0.4, -0.2) is 6.61 Å². The van der Waals surface area contributed by atoms with Crippen LogP contribution in [0.3, 0.4) is 0 Å². The van der Waals surface area contributed by atoms with Crippen molar-refractivity contribution >= 4 is 0 Å². The Hall–Kier alpha value is -1.38. The first-order valence-electron chi connectivity index (χ1n) is 11.9. The molecule has 0 radical (unpaired) electrons. The molecule has 1 aromatic carbocycles. The van der Waals surface area contributed by atoms with E-state index in [1.807, 2.05) is 13.0 Å². The van der Waals surface area contributed by atoms with E-state index in [0.29, 0.717) is 12.2 Å². The van der Waals surface area contributed by atoms with Crippen molar-refractivity contribution in [2.75, 3.05) is 6.61 Å². The van der Waals surface area contributed by atoms with Crippen LogP contribution in [0.25, 0.3) is 0 Å². The Labute approximate surface area is 175 Å². The molecule has 162 valence electrons. The fraction of sp³-hybridized carbons (Fsp3) is 0.692. The van der Waals surface area contributed by atoms with Gasteiger partial charge in [-0.1, -0.05) is 38.3 Å². The highest BCUT2D eigenvalue weighted by molar-refractivity contribution is 5.33. The zero-order chi connectivity index (χ0) is 20.6. The van der Waals surface area contributed by atoms with Gasteiger partial charge in [-0.15, -0.1) is 6.58 Å². The molecule has 2 fully saturated rings. The molecular weight excluding hydrogens is 366 g/mol. The third-order valence-electron chi connectivity index (χ3n) is 7.38. The minimum absolute atomic E-state index is 0.0570. The molecule has 3 heteroatoms. The molecule has 0 bridgehead atoms. The largest absolute Gasteiger partial charge is 0.490 e. The van der Waals surface area contributed by atoms with Gasteiger partial charge in [0, 0.05) is 0 Å². The number of hydrogen-bond donors (Lipinski definition) is 0. The molecule has 0 heterocycles. The lowest BCUT2D eigenvalue weighted by atomic mass is 9.68. The molecule has 1 aromatic rings. The summed E-state index contributed by atoms with van der Waals surface area (Å²) in [5.74, 6) is 1.21. The zero-order valence-corrected chi connectivity index (χ0v) is 18.1. The molecule has 2 saturated carbocycles. The van der Waals surface area contributed by atoms with E-state index in [9.17, 15) is 8.78 Å². The maximum absolute atomic E-state index is 14.7. The van der Waals surface area contributed by atoms with Gasteiger partial charge < -0.3 is 4.74 Å². The second-order valence-corrected chi connectivity index (χ2v) is 9.24. The first-order chi connectivity index (χ1) is 14.1. The van der Waals surface area contributed by atoms with Crippen LogP contribution in [0, 0.1) is 29.4 Å². The van der Waals surface area contributed by atoms with E-state index in [1.54, 1.807) is 12.1 Å². The Bertz CT molecular complexity index is 640. The van der Waals surface area contributed by atoms with E-state index in [2.05, 4.69) is 6.58 Å². The number of allylic oxidation sites excluding steroid dienone is 1. The highest BCUT2D eigenvalue weighted by Gasteiger charge is 2.32. The van der Waals surface area contributed by atoms with E-state index in [4.69, 9.17) is 4.74 Å². The smallest absolute Gasteiger partial charge is 0.200 e. The standard InChI is InChI=1S/C26H38F2O/c1-3-5-7-19-8-10-20(11-9-19)21-12-14-22(15-13-21)23-16-17-24(26(28)25(23)27)29-18-6-4-2/h3,16-17,19-22H,1,4-15,18H2,2H3. The molecule has 3 rings (SSSR count). The molecule has 0 atom stereocenters. The summed E-state index contributed by atoms with van der Waals surface area (Å²) >= 11 is 0. The Morgan fingerprint density at radius 1 is 0.966 bits per heavy atom. The van der Waals surface area contributed by atoms with Crippen molar-refractivity contribution in [1.82, 2.24) is 0 Å². The highest BCUT2D eigenvalue weighted by Crippen LogP contribution is 2.45. The number of ether oxygens (including phenoxy) is 1. The quantitative estimate of drug-likeness (QED) is 0.298. The van der Waals surface area contributed by atoms with E-state index in [0.717, 1.165) is 62.7 Å². The molecule has 0 aromatic heterocycles. The van der Waals surface area contributed by atoms with Gasteiger partial charge in [-0.2, -0.15) is 4.39 Å². The summed E-state index contributed by atoms with van der Waals surface area (Å²) in [4.78, 5) is 0. The second kappa shape index (κ2) is 11.1. The van der Waals surface area contributed by atoms with Gasteiger partial charge in [0.05, 0.1) is 6.61 Å². The molecule has 29 heavy (non-hydrogen) atoms. The predicted molar refractivity (Wildman–Crippen MR) is 116 cm³/mol. The van der Waals surface area contributed by atoms with Crippen molar-refractivity contribution < 1.29 is 13.5 Å². The molecule has 0 unspecified atom stereocenters. The summed E-state index contributed by atoms with van der Waals surface area (Å²) in [5.41, 5.74) is 0.553. The van der Waals surface area contributed by atoms with Crippen molar-refractivity contribution in [3.05, 3.63) is 42.0 Å². The summed E-state index contributed by atoms with van der Waals surface area (Å²) in [6.45, 7) is 6.33. The summed E-state index contributed by atoms with van der Waals surface area (Å²) in [6.07, 6.45) is 16.0. The fourth-order valence-corrected chi connectivity index (χ4v) is 5.50. The third kappa shape index (κ3) is 5.83. The highest BCUT2D eigenvalue weighted by atomic mass is 19.2. The van der Waals surface area contributed by atoms with Gasteiger partial charge in [-0.25, -0.2) is 4.39 Å². The van der Waals surface area contributed by atoms with Crippen molar-refractivity contribution in [3.8, 4) is 5.75 Å². The molecule has 0 amide bonds. The molecule has 0 saturated heterocycles. The summed E-state index contributed by atoms with van der Waals surface area (Å²) in [7, 11) is 0. The maximum Gasteiger partial charge on any atom is 0.200 e. The van der Waals surface area contributed by atoms with E-state index >= 15 is 0 Å². The second-order valence-electron chi connectivity index (χ2n) is 9.24. The molecule has 2 aliphatic rings. The maximum atomic E-state index is 14.7. The van der Waals surface area contributed by atoms with Gasteiger partial charge in [-0.3, -0.25) is 0 Å². The topological polar surface area (TPSA) is 9.23 Å². The van der Waals surface area contributed by atoms with Gasteiger partial charge in [0.2, 0.25) is 5.82 Å². The molecule has 0 N–H and O–H groups in total. The van der Waals surface area contributed by atoms with E-state index in [1.165, 1.54) is 32.1 Å². The summed E-state index contributed by atoms with van der Waals surface area (Å²) in [5, 5.41) is 0. The van der Waals surface area contributed by atoms with Gasteiger partial charge in [0.15, 0.2) is 11.6 Å². The zero-order valence-electron chi connectivity index (χ0n) is 18.1. The van der Waals surface area contributed by atoms with Gasteiger partial charge in [0.1, 0.15) is 0 Å². The number of benzene rings is 1. The molecule has 0 spiro atoms. The summed E-state index contributed by atoms with van der Waals surface area (Å²) < 4.78 is 34.5. The lowest BCUT2D eigenvalue weighted by molar-refractivity contribution is 0.156. The molecule has 1 nitrogen and oxygen atoms in total. The number of hydrogen-bond acceptors (Lipinski definition) is 1. The lowest BCUT2D eigenvalue weighted by Gasteiger charge is -2.38. The minimum atomic E-state index is -0.807. The number of rotatable bonds is 9. The van der Waals surface area contributed by atoms with Gasteiger partial charge >= 0.3 is 0 Å². The van der Waals surface area contributed by atoms with Crippen LogP contribution < -0.4 is 4.74 Å². The van der Waals surface area contributed by atoms with Crippen LogP contribution in [0.2, 0.25) is 0 Å². The number of unbranched alkanes of at least 4 members (excludes halogenated alkanes) is 1. The van der Waals surface area contributed by atoms with Crippen LogP contribution in [0.5, 0.6) is 5.75 Å². The van der Waals surface area contributed by atoms with Crippen LogP contribution in [0.4, 0.5) is 8.78 Å². The molecule has 2 aliphatic carbocycles. The average Bonchev–Trinajstić information content (AvgIpc) is 2.76. The van der Waals surface area contributed by atoms with Crippen LogP contribution >= 0.6 is 0 Å². The number of halogens is 2. The Balaban J connectivity index is 1.50. The Kier molecular flexibility index (Phi) is 8.56. The SMILES string of the molecule is C=CCCC1CCC(C2CCC(c3ccc(OCCCC)c(F)c3F)CC2)CC1. The van der Waals surface area contributed by atoms with Crippen molar-refractivity contribution in [1.29, 1.82) is 0 Å². The monoisotopic (exact) mass is 404 g/mol. The van der Waals surface area contributed by atoms with Crippen LogP contribution in [0.1, 0.15) is 95.5 Å². The van der Waals surface area contributed by atoms with Crippen LogP contribution in [0.15, 0.2) is 24.8 Å². The minimum Gasteiger partial charge on any atom is -0.490 e. The Morgan fingerprint density at radius 2 is 1.62 bits per heavy atom. The first-order valence-corrected chi connectivity index (χ1v) is 11.9. The third-order valence-corrected chi connectivity index (χ3v) is 7.38. The molecular formula is C26H38F2O. The normalized spacial score (nSPS) is 27.6. The van der Waals surface area contributed by atoms with Crippen molar-refractivity contribution in [2.45, 2.75) is 89.9 Å². The van der Waals surface area contributed by atoms with Crippen LogP contribution in [-0.2, 0) is 0 Å². The predicted octanol–water partition coefficient (Wildman–Crippen LogP) is 8.19. The van der Waals surface area contributed by atoms with Gasteiger partial charge in [-0.05, 0) is 93.1 Å². The Morgan fingerprint density at radius 3 is 2.24 bits per heavy atom. The first kappa shape index (κ1) is 22.3.